The van der Waals surface area contributed by atoms with Crippen molar-refractivity contribution in [3.8, 4) is 0 Å². The summed E-state index contributed by atoms with van der Waals surface area (Å²) < 4.78 is 0. The van der Waals surface area contributed by atoms with Gasteiger partial charge in [0, 0.05) is 12.1 Å². The van der Waals surface area contributed by atoms with Crippen LogP contribution < -0.4 is 0 Å². The number of aromatic nitrogens is 2. The lowest BCUT2D eigenvalue weighted by atomic mass is 10.1. The van der Waals surface area contributed by atoms with Gasteiger partial charge in [-0.1, -0.05) is 38.3 Å². The number of hydrogen-bond acceptors (Lipinski definition) is 2. The third-order valence-corrected chi connectivity index (χ3v) is 2.03. The lowest BCUT2D eigenvalue weighted by Gasteiger charge is -2.04. The molecule has 0 fully saturated rings. The van der Waals surface area contributed by atoms with E-state index in [1.165, 1.54) is 0 Å². The molecular weight excluding hydrogens is 184 g/mol. The summed E-state index contributed by atoms with van der Waals surface area (Å²) in [5.41, 5.74) is 2.87. The van der Waals surface area contributed by atoms with Gasteiger partial charge in [-0.15, -0.1) is 0 Å². The van der Waals surface area contributed by atoms with Crippen LogP contribution in [0.25, 0.3) is 5.57 Å². The molecule has 0 aliphatic heterocycles. The highest BCUT2D eigenvalue weighted by atomic mass is 14.9. The monoisotopic (exact) mass is 200 g/mol. The predicted molar refractivity (Wildman–Crippen MR) is 64.5 cm³/mol. The van der Waals surface area contributed by atoms with E-state index in [1.807, 2.05) is 26.0 Å². The second kappa shape index (κ2) is 5.25. The quantitative estimate of drug-likeness (QED) is 0.698. The maximum atomic E-state index is 4.44. The zero-order valence-electron chi connectivity index (χ0n) is 9.33. The van der Waals surface area contributed by atoms with Crippen LogP contribution in [0.2, 0.25) is 0 Å². The zero-order chi connectivity index (χ0) is 11.3. The lowest BCUT2D eigenvalue weighted by molar-refractivity contribution is 0.910. The second-order valence-corrected chi connectivity index (χ2v) is 3.23. The van der Waals surface area contributed by atoms with Crippen LogP contribution in [0.3, 0.4) is 0 Å². The molecular formula is C13H16N2. The van der Waals surface area contributed by atoms with Crippen LogP contribution in [-0.2, 0) is 6.42 Å². The highest BCUT2D eigenvalue weighted by Crippen LogP contribution is 2.14. The Hall–Kier alpha value is -1.70. The van der Waals surface area contributed by atoms with Crippen LogP contribution in [0.4, 0.5) is 0 Å². The molecule has 0 aromatic carbocycles. The first-order valence-electron chi connectivity index (χ1n) is 5.01. The highest BCUT2D eigenvalue weighted by molar-refractivity contribution is 5.72. The zero-order valence-corrected chi connectivity index (χ0v) is 9.33. The van der Waals surface area contributed by atoms with Gasteiger partial charge in [-0.25, -0.2) is 9.97 Å². The van der Waals surface area contributed by atoms with Gasteiger partial charge in [0.25, 0.3) is 0 Å². The van der Waals surface area contributed by atoms with Crippen LogP contribution in [0.5, 0.6) is 0 Å². The van der Waals surface area contributed by atoms with Crippen molar-refractivity contribution in [2.75, 3.05) is 0 Å². The van der Waals surface area contributed by atoms with Crippen molar-refractivity contribution in [3.05, 3.63) is 54.7 Å². The molecule has 0 unspecified atom stereocenters. The summed E-state index contributed by atoms with van der Waals surface area (Å²) in [4.78, 5) is 8.77. The molecule has 0 radical (unpaired) electrons. The molecule has 2 heteroatoms. The van der Waals surface area contributed by atoms with E-state index in [0.717, 1.165) is 29.2 Å². The Balaban J connectivity index is 3.23. The van der Waals surface area contributed by atoms with Crippen LogP contribution in [0.1, 0.15) is 24.1 Å². The summed E-state index contributed by atoms with van der Waals surface area (Å²) >= 11 is 0. The fourth-order valence-electron chi connectivity index (χ4n) is 1.32. The molecule has 0 amide bonds. The van der Waals surface area contributed by atoms with Gasteiger partial charge in [0.2, 0.25) is 0 Å². The third-order valence-electron chi connectivity index (χ3n) is 2.03. The standard InChI is InChI=1S/C13H16N2/c1-5-8-11(6-2)12-9-10(4)14-13(7-3)15-12/h5-6,8-9H,1-2,7H2,3-4H3/b11-8+. The SMILES string of the molecule is C=C/C=C(\C=C)c1cc(C)nc(CC)n1. The Bertz CT molecular complexity index is 403. The van der Waals surface area contributed by atoms with Crippen LogP contribution in [0.15, 0.2) is 37.5 Å². The largest absolute Gasteiger partial charge is 0.238 e. The predicted octanol–water partition coefficient (Wildman–Crippen LogP) is 3.10. The summed E-state index contributed by atoms with van der Waals surface area (Å²) in [7, 11) is 0. The fraction of sp³-hybridized carbons (Fsp3) is 0.231. The van der Waals surface area contributed by atoms with Gasteiger partial charge in [0.05, 0.1) is 5.69 Å². The first kappa shape index (κ1) is 11.4. The smallest absolute Gasteiger partial charge is 0.128 e. The van der Waals surface area contributed by atoms with Crippen molar-refractivity contribution in [1.29, 1.82) is 0 Å². The molecule has 15 heavy (non-hydrogen) atoms. The molecule has 1 aromatic heterocycles. The van der Waals surface area contributed by atoms with Crippen molar-refractivity contribution in [2.24, 2.45) is 0 Å². The fourth-order valence-corrected chi connectivity index (χ4v) is 1.32. The lowest BCUT2D eigenvalue weighted by Crippen LogP contribution is -1.99. The molecule has 0 aliphatic carbocycles. The minimum atomic E-state index is 0.840. The summed E-state index contributed by atoms with van der Waals surface area (Å²) in [5, 5.41) is 0. The minimum absolute atomic E-state index is 0.840. The molecule has 0 aliphatic rings. The highest BCUT2D eigenvalue weighted by Gasteiger charge is 2.02. The van der Waals surface area contributed by atoms with Crippen LogP contribution in [0, 0.1) is 6.92 Å². The van der Waals surface area contributed by atoms with E-state index < -0.39 is 0 Å². The van der Waals surface area contributed by atoms with Crippen LogP contribution in [-0.4, -0.2) is 9.97 Å². The van der Waals surface area contributed by atoms with Gasteiger partial charge < -0.3 is 0 Å². The summed E-state index contributed by atoms with van der Waals surface area (Å²) in [5.74, 6) is 0.863. The molecule has 1 rings (SSSR count). The van der Waals surface area contributed by atoms with Gasteiger partial charge in [-0.05, 0) is 18.6 Å². The Morgan fingerprint density at radius 3 is 2.67 bits per heavy atom. The second-order valence-electron chi connectivity index (χ2n) is 3.23. The average Bonchev–Trinajstić information content (AvgIpc) is 2.24. The molecule has 0 spiro atoms. The molecule has 0 saturated carbocycles. The normalized spacial score (nSPS) is 11.2. The van der Waals surface area contributed by atoms with E-state index in [0.29, 0.717) is 0 Å². The molecule has 0 saturated heterocycles. The number of allylic oxidation sites excluding steroid dienone is 4. The van der Waals surface area contributed by atoms with Crippen molar-refractivity contribution in [3.63, 3.8) is 0 Å². The van der Waals surface area contributed by atoms with Gasteiger partial charge in [0.15, 0.2) is 0 Å². The average molecular weight is 200 g/mol. The molecule has 0 N–H and O–H groups in total. The van der Waals surface area contributed by atoms with Crippen molar-refractivity contribution >= 4 is 5.57 Å². The summed E-state index contributed by atoms with van der Waals surface area (Å²) in [6.45, 7) is 11.5. The van der Waals surface area contributed by atoms with Gasteiger partial charge >= 0.3 is 0 Å². The van der Waals surface area contributed by atoms with Gasteiger partial charge in [0.1, 0.15) is 5.82 Å². The molecule has 1 aromatic rings. The molecule has 1 heterocycles. The van der Waals surface area contributed by atoms with Gasteiger partial charge in [-0.3, -0.25) is 0 Å². The van der Waals surface area contributed by atoms with Gasteiger partial charge in [-0.2, -0.15) is 0 Å². The molecule has 2 nitrogen and oxygen atoms in total. The summed E-state index contributed by atoms with van der Waals surface area (Å²) in [6.07, 6.45) is 6.25. The van der Waals surface area contributed by atoms with Crippen LogP contribution >= 0.6 is 0 Å². The third kappa shape index (κ3) is 2.88. The van der Waals surface area contributed by atoms with Crippen molar-refractivity contribution < 1.29 is 0 Å². The Morgan fingerprint density at radius 1 is 1.40 bits per heavy atom. The van der Waals surface area contributed by atoms with E-state index in [9.17, 15) is 0 Å². The topological polar surface area (TPSA) is 25.8 Å². The van der Waals surface area contributed by atoms with E-state index in [-0.39, 0.29) is 0 Å². The van der Waals surface area contributed by atoms with Crippen molar-refractivity contribution in [2.45, 2.75) is 20.3 Å². The Labute approximate surface area is 91.1 Å². The maximum Gasteiger partial charge on any atom is 0.128 e. The number of hydrogen-bond donors (Lipinski definition) is 0. The molecule has 78 valence electrons. The minimum Gasteiger partial charge on any atom is -0.238 e. The van der Waals surface area contributed by atoms with Crippen molar-refractivity contribution in [1.82, 2.24) is 9.97 Å². The summed E-state index contributed by atoms with van der Waals surface area (Å²) in [6, 6.07) is 1.95. The number of nitrogens with zero attached hydrogens (tertiary/aromatic N) is 2. The Kier molecular flexibility index (Phi) is 3.98. The first-order valence-corrected chi connectivity index (χ1v) is 5.01. The molecule has 0 bridgehead atoms. The molecule has 0 atom stereocenters. The van der Waals surface area contributed by atoms with E-state index >= 15 is 0 Å². The number of aryl methyl sites for hydroxylation is 2. The number of rotatable bonds is 4. The van der Waals surface area contributed by atoms with E-state index in [1.54, 1.807) is 12.2 Å². The maximum absolute atomic E-state index is 4.44. The van der Waals surface area contributed by atoms with E-state index in [2.05, 4.69) is 23.1 Å². The Morgan fingerprint density at radius 2 is 2.13 bits per heavy atom. The first-order chi connectivity index (χ1) is 7.21. The van der Waals surface area contributed by atoms with E-state index in [4.69, 9.17) is 0 Å².